The summed E-state index contributed by atoms with van der Waals surface area (Å²) in [5.41, 5.74) is 2.34. The smallest absolute Gasteiger partial charge is 0.0647 e. The number of aryl methyl sites for hydroxylation is 1. The maximum Gasteiger partial charge on any atom is 0.0647 e. The Bertz CT molecular complexity index is 384. The van der Waals surface area contributed by atoms with Crippen molar-refractivity contribution >= 4 is 17.3 Å². The van der Waals surface area contributed by atoms with E-state index in [0.29, 0.717) is 0 Å². The van der Waals surface area contributed by atoms with Gasteiger partial charge >= 0.3 is 0 Å². The summed E-state index contributed by atoms with van der Waals surface area (Å²) >= 11 is 6.06. The Morgan fingerprint density at radius 2 is 2.35 bits per heavy atom. The van der Waals surface area contributed by atoms with Crippen molar-refractivity contribution in [3.8, 4) is 0 Å². The van der Waals surface area contributed by atoms with Crippen LogP contribution in [0.25, 0.3) is 0 Å². The lowest BCUT2D eigenvalue weighted by molar-refractivity contribution is 0.260. The van der Waals surface area contributed by atoms with Crippen LogP contribution in [0.5, 0.6) is 0 Å². The Morgan fingerprint density at radius 3 is 3.12 bits per heavy atom. The van der Waals surface area contributed by atoms with Gasteiger partial charge in [-0.2, -0.15) is 0 Å². The van der Waals surface area contributed by atoms with E-state index in [2.05, 4.69) is 17.1 Å². The molecule has 0 aromatic heterocycles. The van der Waals surface area contributed by atoms with Crippen molar-refractivity contribution in [1.82, 2.24) is 5.32 Å². The molecule has 1 aliphatic heterocycles. The molecule has 0 amide bonds. The molecule has 0 saturated carbocycles. The van der Waals surface area contributed by atoms with Gasteiger partial charge in [-0.3, -0.25) is 0 Å². The van der Waals surface area contributed by atoms with Crippen molar-refractivity contribution in [3.63, 3.8) is 0 Å². The molecule has 0 bridgehead atoms. The van der Waals surface area contributed by atoms with Gasteiger partial charge in [0.15, 0.2) is 0 Å². The lowest BCUT2D eigenvalue weighted by atomic mass is 10.1. The molecule has 1 aromatic rings. The van der Waals surface area contributed by atoms with Gasteiger partial charge in [0.25, 0.3) is 0 Å². The SMILES string of the molecule is Cc1ccc(Cl)cc1N1CCCNCC1CO. The molecule has 94 valence electrons. The number of nitrogens with one attached hydrogen (secondary N) is 1. The summed E-state index contributed by atoms with van der Waals surface area (Å²) in [6, 6.07) is 6.06. The summed E-state index contributed by atoms with van der Waals surface area (Å²) < 4.78 is 0. The van der Waals surface area contributed by atoms with E-state index in [1.165, 1.54) is 5.56 Å². The first kappa shape index (κ1) is 12.7. The van der Waals surface area contributed by atoms with Crippen LogP contribution < -0.4 is 10.2 Å². The number of halogens is 1. The molecule has 3 nitrogen and oxygen atoms in total. The zero-order valence-corrected chi connectivity index (χ0v) is 10.9. The maximum absolute atomic E-state index is 9.49. The fourth-order valence-electron chi connectivity index (χ4n) is 2.31. The first-order chi connectivity index (χ1) is 8.22. The molecule has 2 rings (SSSR count). The molecular formula is C13H19ClN2O. The highest BCUT2D eigenvalue weighted by Gasteiger charge is 2.21. The molecule has 17 heavy (non-hydrogen) atoms. The molecule has 0 aliphatic carbocycles. The standard InChI is InChI=1S/C13H19ClN2O/c1-10-3-4-11(14)7-13(10)16-6-2-5-15-8-12(16)9-17/h3-4,7,12,15,17H,2,5-6,8-9H2,1H3. The van der Waals surface area contributed by atoms with E-state index in [1.807, 2.05) is 18.2 Å². The first-order valence-electron chi connectivity index (χ1n) is 6.06. The normalized spacial score (nSPS) is 21.4. The average Bonchev–Trinajstić information content (AvgIpc) is 2.57. The van der Waals surface area contributed by atoms with Gasteiger partial charge in [-0.15, -0.1) is 0 Å². The fourth-order valence-corrected chi connectivity index (χ4v) is 2.47. The van der Waals surface area contributed by atoms with Crippen LogP contribution in [0.1, 0.15) is 12.0 Å². The van der Waals surface area contributed by atoms with E-state index in [-0.39, 0.29) is 12.6 Å². The zero-order valence-electron chi connectivity index (χ0n) is 10.1. The molecule has 1 heterocycles. The van der Waals surface area contributed by atoms with Gasteiger partial charge in [-0.25, -0.2) is 0 Å². The third-order valence-electron chi connectivity index (χ3n) is 3.26. The number of anilines is 1. The average molecular weight is 255 g/mol. The Balaban J connectivity index is 2.31. The van der Waals surface area contributed by atoms with Crippen molar-refractivity contribution in [2.45, 2.75) is 19.4 Å². The minimum absolute atomic E-state index is 0.134. The van der Waals surface area contributed by atoms with E-state index in [1.54, 1.807) is 0 Å². The number of benzene rings is 1. The Hall–Kier alpha value is -0.770. The molecule has 1 atom stereocenters. The second-order valence-corrected chi connectivity index (χ2v) is 4.95. The third-order valence-corrected chi connectivity index (χ3v) is 3.50. The quantitative estimate of drug-likeness (QED) is 0.845. The molecule has 4 heteroatoms. The molecule has 0 radical (unpaired) electrons. The van der Waals surface area contributed by atoms with Gasteiger partial charge < -0.3 is 15.3 Å². The van der Waals surface area contributed by atoms with Gasteiger partial charge in [0.1, 0.15) is 0 Å². The highest BCUT2D eigenvalue weighted by molar-refractivity contribution is 6.30. The van der Waals surface area contributed by atoms with E-state index in [4.69, 9.17) is 11.6 Å². The van der Waals surface area contributed by atoms with Gasteiger partial charge in [-0.1, -0.05) is 17.7 Å². The molecular weight excluding hydrogens is 236 g/mol. The highest BCUT2D eigenvalue weighted by Crippen LogP contribution is 2.26. The Morgan fingerprint density at radius 1 is 1.53 bits per heavy atom. The van der Waals surface area contributed by atoms with Crippen LogP contribution in [0.15, 0.2) is 18.2 Å². The van der Waals surface area contributed by atoms with Crippen LogP contribution in [0, 0.1) is 6.92 Å². The summed E-state index contributed by atoms with van der Waals surface area (Å²) in [7, 11) is 0. The predicted molar refractivity (Wildman–Crippen MR) is 71.9 cm³/mol. The molecule has 0 spiro atoms. The van der Waals surface area contributed by atoms with Crippen LogP contribution in [-0.2, 0) is 0 Å². The van der Waals surface area contributed by atoms with E-state index in [0.717, 1.165) is 36.8 Å². The topological polar surface area (TPSA) is 35.5 Å². The van der Waals surface area contributed by atoms with Crippen molar-refractivity contribution < 1.29 is 5.11 Å². The number of rotatable bonds is 2. The van der Waals surface area contributed by atoms with Crippen molar-refractivity contribution in [3.05, 3.63) is 28.8 Å². The molecule has 2 N–H and O–H groups in total. The lowest BCUT2D eigenvalue weighted by Gasteiger charge is -2.32. The van der Waals surface area contributed by atoms with Gasteiger partial charge in [0, 0.05) is 23.8 Å². The van der Waals surface area contributed by atoms with E-state index >= 15 is 0 Å². The van der Waals surface area contributed by atoms with Crippen molar-refractivity contribution in [2.75, 3.05) is 31.1 Å². The molecule has 1 saturated heterocycles. The van der Waals surface area contributed by atoms with Crippen molar-refractivity contribution in [2.24, 2.45) is 0 Å². The van der Waals surface area contributed by atoms with Crippen LogP contribution >= 0.6 is 11.6 Å². The van der Waals surface area contributed by atoms with Crippen LogP contribution in [0.4, 0.5) is 5.69 Å². The van der Waals surface area contributed by atoms with Crippen LogP contribution in [0.3, 0.4) is 0 Å². The van der Waals surface area contributed by atoms with Gasteiger partial charge in [0.05, 0.1) is 12.6 Å². The summed E-state index contributed by atoms with van der Waals surface area (Å²) in [4.78, 5) is 2.27. The minimum atomic E-state index is 0.134. The lowest BCUT2D eigenvalue weighted by Crippen LogP contribution is -2.42. The van der Waals surface area contributed by atoms with Crippen LogP contribution in [0.2, 0.25) is 5.02 Å². The fraction of sp³-hybridized carbons (Fsp3) is 0.538. The van der Waals surface area contributed by atoms with Crippen LogP contribution in [-0.4, -0.2) is 37.4 Å². The number of hydrogen-bond donors (Lipinski definition) is 2. The molecule has 1 fully saturated rings. The van der Waals surface area contributed by atoms with E-state index in [9.17, 15) is 5.11 Å². The van der Waals surface area contributed by atoms with Gasteiger partial charge in [0.2, 0.25) is 0 Å². The second kappa shape index (κ2) is 5.71. The maximum atomic E-state index is 9.49. The molecule has 1 aliphatic rings. The Kier molecular flexibility index (Phi) is 4.26. The largest absolute Gasteiger partial charge is 0.394 e. The molecule has 1 aromatic carbocycles. The highest BCUT2D eigenvalue weighted by atomic mass is 35.5. The predicted octanol–water partition coefficient (Wildman–Crippen LogP) is 1.81. The summed E-state index contributed by atoms with van der Waals surface area (Å²) in [6.45, 7) is 5.03. The first-order valence-corrected chi connectivity index (χ1v) is 6.44. The number of hydrogen-bond acceptors (Lipinski definition) is 3. The summed E-state index contributed by atoms with van der Waals surface area (Å²) in [5.74, 6) is 0. The second-order valence-electron chi connectivity index (χ2n) is 4.52. The number of aliphatic hydroxyl groups excluding tert-OH is 1. The molecule has 1 unspecified atom stereocenters. The minimum Gasteiger partial charge on any atom is -0.394 e. The summed E-state index contributed by atoms with van der Waals surface area (Å²) in [5, 5.41) is 13.6. The van der Waals surface area contributed by atoms with E-state index < -0.39 is 0 Å². The number of nitrogens with zero attached hydrogens (tertiary/aromatic N) is 1. The van der Waals surface area contributed by atoms with Crippen molar-refractivity contribution in [1.29, 1.82) is 0 Å². The number of aliphatic hydroxyl groups is 1. The third kappa shape index (κ3) is 2.92. The zero-order chi connectivity index (χ0) is 12.3. The Labute approximate surface area is 107 Å². The monoisotopic (exact) mass is 254 g/mol. The summed E-state index contributed by atoms with van der Waals surface area (Å²) in [6.07, 6.45) is 1.09. The van der Waals surface area contributed by atoms with Gasteiger partial charge in [-0.05, 0) is 37.6 Å².